The summed E-state index contributed by atoms with van der Waals surface area (Å²) in [6, 6.07) is 9.99. The molecule has 28 heavy (non-hydrogen) atoms. The number of halogens is 2. The molecule has 8 heteroatoms. The van der Waals surface area contributed by atoms with E-state index >= 15 is 0 Å². The zero-order valence-corrected chi connectivity index (χ0v) is 16.6. The summed E-state index contributed by atoms with van der Waals surface area (Å²) in [5.41, 5.74) is 2.25. The molecule has 1 N–H and O–H groups in total. The van der Waals surface area contributed by atoms with Crippen LogP contribution in [0.15, 0.2) is 42.6 Å². The first-order chi connectivity index (χ1) is 13.5. The Morgan fingerprint density at radius 1 is 1.07 bits per heavy atom. The predicted molar refractivity (Wildman–Crippen MR) is 109 cm³/mol. The Morgan fingerprint density at radius 2 is 1.79 bits per heavy atom. The summed E-state index contributed by atoms with van der Waals surface area (Å²) in [6.07, 6.45) is 1.40. The standard InChI is InChI=1S/C20H16Cl2N2O4/c1-3-28-20(26)14-10-23-18-13(8-9-15(21)16(18)22)17(14)24-12-6-4-11(5-7-12)19(25)27-2/h4-10H,3H2,1-2H3,(H,23,24). The third kappa shape index (κ3) is 3.88. The van der Waals surface area contributed by atoms with Gasteiger partial charge in [-0.3, -0.25) is 4.98 Å². The highest BCUT2D eigenvalue weighted by Gasteiger charge is 2.19. The maximum atomic E-state index is 12.4. The van der Waals surface area contributed by atoms with Crippen molar-refractivity contribution in [2.45, 2.75) is 6.92 Å². The number of fused-ring (bicyclic) bond motifs is 1. The van der Waals surface area contributed by atoms with Gasteiger partial charge in [-0.2, -0.15) is 0 Å². The number of hydrogen-bond donors (Lipinski definition) is 1. The molecular weight excluding hydrogens is 403 g/mol. The zero-order valence-electron chi connectivity index (χ0n) is 15.1. The van der Waals surface area contributed by atoms with Gasteiger partial charge in [0.2, 0.25) is 0 Å². The minimum atomic E-state index is -0.517. The van der Waals surface area contributed by atoms with E-state index < -0.39 is 11.9 Å². The lowest BCUT2D eigenvalue weighted by Crippen LogP contribution is -2.09. The van der Waals surface area contributed by atoms with E-state index in [1.54, 1.807) is 43.3 Å². The number of carbonyl (C=O) groups excluding carboxylic acids is 2. The van der Waals surface area contributed by atoms with Gasteiger partial charge in [-0.05, 0) is 43.3 Å². The molecule has 0 bridgehead atoms. The highest BCUT2D eigenvalue weighted by molar-refractivity contribution is 6.45. The topological polar surface area (TPSA) is 77.5 Å². The molecule has 1 heterocycles. The first-order valence-electron chi connectivity index (χ1n) is 8.35. The molecule has 0 amide bonds. The largest absolute Gasteiger partial charge is 0.465 e. The van der Waals surface area contributed by atoms with Gasteiger partial charge >= 0.3 is 11.9 Å². The predicted octanol–water partition coefficient (Wildman–Crippen LogP) is 5.25. The van der Waals surface area contributed by atoms with Crippen LogP contribution in [-0.2, 0) is 9.47 Å². The molecule has 0 radical (unpaired) electrons. The number of benzene rings is 2. The Hall–Kier alpha value is -2.83. The van der Waals surface area contributed by atoms with Gasteiger partial charge in [-0.15, -0.1) is 0 Å². The third-order valence-corrected chi connectivity index (χ3v) is 4.80. The second kappa shape index (κ2) is 8.46. The smallest absolute Gasteiger partial charge is 0.341 e. The van der Waals surface area contributed by atoms with E-state index in [0.29, 0.717) is 37.9 Å². The maximum absolute atomic E-state index is 12.4. The first kappa shape index (κ1) is 19.9. The molecule has 0 saturated carbocycles. The minimum absolute atomic E-state index is 0.228. The highest BCUT2D eigenvalue weighted by atomic mass is 35.5. The van der Waals surface area contributed by atoms with Crippen LogP contribution in [0.2, 0.25) is 10.0 Å². The Labute approximate surface area is 171 Å². The molecule has 0 aliphatic carbocycles. The third-order valence-electron chi connectivity index (χ3n) is 4.00. The lowest BCUT2D eigenvalue weighted by atomic mass is 10.1. The quantitative estimate of drug-likeness (QED) is 0.570. The highest BCUT2D eigenvalue weighted by Crippen LogP contribution is 2.36. The van der Waals surface area contributed by atoms with Gasteiger partial charge in [0.25, 0.3) is 0 Å². The van der Waals surface area contributed by atoms with Crippen LogP contribution in [0.4, 0.5) is 11.4 Å². The number of hydrogen-bond acceptors (Lipinski definition) is 6. The average molecular weight is 419 g/mol. The Kier molecular flexibility index (Phi) is 6.02. The molecule has 144 valence electrons. The molecule has 0 atom stereocenters. The number of rotatable bonds is 5. The SMILES string of the molecule is CCOC(=O)c1cnc2c(Cl)c(Cl)ccc2c1Nc1ccc(C(=O)OC)cc1. The van der Waals surface area contributed by atoms with Crippen LogP contribution in [0.5, 0.6) is 0 Å². The molecule has 0 fully saturated rings. The van der Waals surface area contributed by atoms with Crippen LogP contribution in [0, 0.1) is 0 Å². The van der Waals surface area contributed by atoms with Crippen LogP contribution in [0.1, 0.15) is 27.6 Å². The van der Waals surface area contributed by atoms with E-state index in [2.05, 4.69) is 10.3 Å². The Morgan fingerprint density at radius 3 is 2.43 bits per heavy atom. The van der Waals surface area contributed by atoms with E-state index in [-0.39, 0.29) is 12.2 Å². The lowest BCUT2D eigenvalue weighted by Gasteiger charge is -2.15. The molecule has 3 rings (SSSR count). The second-order valence-corrected chi connectivity index (χ2v) is 6.50. The van der Waals surface area contributed by atoms with Gasteiger partial charge in [0, 0.05) is 17.3 Å². The van der Waals surface area contributed by atoms with Crippen molar-refractivity contribution in [3.05, 3.63) is 63.8 Å². The Balaban J connectivity index is 2.11. The van der Waals surface area contributed by atoms with Crippen LogP contribution >= 0.6 is 23.2 Å². The molecule has 0 aliphatic heterocycles. The lowest BCUT2D eigenvalue weighted by molar-refractivity contribution is 0.0526. The fourth-order valence-electron chi connectivity index (χ4n) is 2.66. The zero-order chi connectivity index (χ0) is 20.3. The van der Waals surface area contributed by atoms with E-state index in [4.69, 9.17) is 32.7 Å². The summed E-state index contributed by atoms with van der Waals surface area (Å²) in [4.78, 5) is 28.3. The fraction of sp³-hybridized carbons (Fsp3) is 0.150. The van der Waals surface area contributed by atoms with Gasteiger partial charge in [-0.1, -0.05) is 23.2 Å². The van der Waals surface area contributed by atoms with Crippen LogP contribution in [0.3, 0.4) is 0 Å². The minimum Gasteiger partial charge on any atom is -0.465 e. The number of esters is 2. The van der Waals surface area contributed by atoms with Gasteiger partial charge in [0.1, 0.15) is 5.56 Å². The van der Waals surface area contributed by atoms with Gasteiger partial charge in [0.05, 0.1) is 40.5 Å². The van der Waals surface area contributed by atoms with E-state index in [1.807, 2.05) is 0 Å². The van der Waals surface area contributed by atoms with Crippen molar-refractivity contribution in [3.8, 4) is 0 Å². The van der Waals surface area contributed by atoms with Crippen LogP contribution in [-0.4, -0.2) is 30.6 Å². The van der Waals surface area contributed by atoms with Crippen molar-refractivity contribution in [2.24, 2.45) is 0 Å². The fourth-order valence-corrected chi connectivity index (χ4v) is 3.02. The van der Waals surface area contributed by atoms with Crippen LogP contribution < -0.4 is 5.32 Å². The number of aromatic nitrogens is 1. The van der Waals surface area contributed by atoms with Crippen molar-refractivity contribution in [1.82, 2.24) is 4.98 Å². The van der Waals surface area contributed by atoms with Crippen molar-refractivity contribution < 1.29 is 19.1 Å². The van der Waals surface area contributed by atoms with Crippen LogP contribution in [0.25, 0.3) is 10.9 Å². The number of ether oxygens (including phenoxy) is 2. The van der Waals surface area contributed by atoms with Gasteiger partial charge < -0.3 is 14.8 Å². The average Bonchev–Trinajstić information content (AvgIpc) is 2.71. The Bertz CT molecular complexity index is 1050. The first-order valence-corrected chi connectivity index (χ1v) is 9.11. The van der Waals surface area contributed by atoms with Crippen molar-refractivity contribution in [3.63, 3.8) is 0 Å². The monoisotopic (exact) mass is 418 g/mol. The number of pyridine rings is 1. The van der Waals surface area contributed by atoms with Crippen molar-refractivity contribution >= 4 is 57.4 Å². The summed E-state index contributed by atoms with van der Waals surface area (Å²) >= 11 is 12.4. The van der Waals surface area contributed by atoms with E-state index in [0.717, 1.165) is 0 Å². The summed E-state index contributed by atoms with van der Waals surface area (Å²) in [6.45, 7) is 1.95. The summed E-state index contributed by atoms with van der Waals surface area (Å²) in [7, 11) is 1.32. The van der Waals surface area contributed by atoms with E-state index in [9.17, 15) is 9.59 Å². The summed E-state index contributed by atoms with van der Waals surface area (Å²) < 4.78 is 9.83. The number of carbonyl (C=O) groups is 2. The molecule has 0 aliphatic rings. The van der Waals surface area contributed by atoms with Crippen molar-refractivity contribution in [1.29, 1.82) is 0 Å². The van der Waals surface area contributed by atoms with Crippen molar-refractivity contribution in [2.75, 3.05) is 19.0 Å². The second-order valence-electron chi connectivity index (χ2n) is 5.72. The maximum Gasteiger partial charge on any atom is 0.341 e. The molecule has 3 aromatic rings. The number of nitrogens with zero attached hydrogens (tertiary/aromatic N) is 1. The molecule has 0 spiro atoms. The molecule has 0 saturated heterocycles. The van der Waals surface area contributed by atoms with E-state index in [1.165, 1.54) is 13.3 Å². The molecule has 2 aromatic carbocycles. The molecular formula is C20H16Cl2N2O4. The molecule has 6 nitrogen and oxygen atoms in total. The van der Waals surface area contributed by atoms with Gasteiger partial charge in [-0.25, -0.2) is 9.59 Å². The summed E-state index contributed by atoms with van der Waals surface area (Å²) in [5, 5.41) is 4.45. The number of anilines is 2. The normalized spacial score (nSPS) is 10.6. The number of nitrogens with one attached hydrogen (secondary N) is 1. The van der Waals surface area contributed by atoms with Gasteiger partial charge in [0.15, 0.2) is 0 Å². The molecule has 1 aromatic heterocycles. The molecule has 0 unspecified atom stereocenters. The summed E-state index contributed by atoms with van der Waals surface area (Å²) in [5.74, 6) is -0.953. The number of methoxy groups -OCH3 is 1.